The lowest BCUT2D eigenvalue weighted by Gasteiger charge is -2.38. The quantitative estimate of drug-likeness (QED) is 0.722. The second-order valence-corrected chi connectivity index (χ2v) is 7.26. The van der Waals surface area contributed by atoms with Crippen LogP contribution >= 0.6 is 0 Å². The Kier molecular flexibility index (Phi) is 6.55. The van der Waals surface area contributed by atoms with Crippen LogP contribution < -0.4 is 5.73 Å². The van der Waals surface area contributed by atoms with Crippen molar-refractivity contribution in [2.45, 2.75) is 38.3 Å². The van der Waals surface area contributed by atoms with Crippen molar-refractivity contribution >= 4 is 9.84 Å². The molecule has 1 fully saturated rings. The van der Waals surface area contributed by atoms with Gasteiger partial charge in [0.25, 0.3) is 0 Å². The highest BCUT2D eigenvalue weighted by Crippen LogP contribution is 2.19. The topological polar surface area (TPSA) is 72.6 Å². The molecule has 1 aliphatic rings. The predicted octanol–water partition coefficient (Wildman–Crippen LogP) is 0.249. The summed E-state index contributed by atoms with van der Waals surface area (Å²) in [5.41, 5.74) is 5.76. The van der Waals surface area contributed by atoms with E-state index in [0.29, 0.717) is 19.5 Å². The molecule has 0 bridgehead atoms. The molecule has 0 aliphatic carbocycles. The Hall–Kier alpha value is -0.170. The number of nitrogens with two attached hydrogens (primary N) is 1. The summed E-state index contributed by atoms with van der Waals surface area (Å²) >= 11 is 0. The summed E-state index contributed by atoms with van der Waals surface area (Å²) in [6.07, 6.45) is 2.82. The van der Waals surface area contributed by atoms with Crippen molar-refractivity contribution in [3.8, 4) is 0 Å². The summed E-state index contributed by atoms with van der Waals surface area (Å²) in [6.45, 7) is 3.93. The molecule has 0 spiro atoms. The third-order valence-electron chi connectivity index (χ3n) is 3.60. The van der Waals surface area contributed by atoms with E-state index in [-0.39, 0.29) is 23.7 Å². The number of hydrogen-bond acceptors (Lipinski definition) is 5. The lowest BCUT2D eigenvalue weighted by atomic mass is 9.99. The fourth-order valence-corrected chi connectivity index (χ4v) is 3.82. The number of rotatable bonds is 7. The van der Waals surface area contributed by atoms with Crippen LogP contribution in [0.15, 0.2) is 0 Å². The van der Waals surface area contributed by atoms with E-state index in [1.165, 1.54) is 0 Å². The number of methoxy groups -OCH3 is 1. The molecule has 2 atom stereocenters. The summed E-state index contributed by atoms with van der Waals surface area (Å²) in [5.74, 6) is 0.532. The Morgan fingerprint density at radius 3 is 2.67 bits per heavy atom. The van der Waals surface area contributed by atoms with Crippen LogP contribution in [0.1, 0.15) is 26.2 Å². The Morgan fingerprint density at radius 2 is 2.11 bits per heavy atom. The van der Waals surface area contributed by atoms with Gasteiger partial charge in [-0.2, -0.15) is 0 Å². The number of hydrogen-bond donors (Lipinski definition) is 1. The van der Waals surface area contributed by atoms with Crippen LogP contribution in [-0.2, 0) is 14.6 Å². The van der Waals surface area contributed by atoms with Gasteiger partial charge < -0.3 is 10.5 Å². The van der Waals surface area contributed by atoms with Crippen molar-refractivity contribution in [2.24, 2.45) is 5.73 Å². The van der Waals surface area contributed by atoms with Gasteiger partial charge in [-0.1, -0.05) is 6.92 Å². The normalized spacial score (nSPS) is 26.4. The highest BCUT2D eigenvalue weighted by molar-refractivity contribution is 7.91. The Bertz CT molecular complexity index is 332. The third kappa shape index (κ3) is 4.84. The largest absolute Gasteiger partial charge is 0.381 e. The Labute approximate surface area is 111 Å². The second-order valence-electron chi connectivity index (χ2n) is 4.96. The van der Waals surface area contributed by atoms with Gasteiger partial charge in [-0.05, 0) is 19.3 Å². The lowest BCUT2D eigenvalue weighted by molar-refractivity contribution is 0.0157. The number of piperidine rings is 1. The third-order valence-corrected chi connectivity index (χ3v) is 5.43. The molecule has 18 heavy (non-hydrogen) atoms. The van der Waals surface area contributed by atoms with E-state index >= 15 is 0 Å². The minimum atomic E-state index is -2.90. The molecule has 0 saturated carbocycles. The SMILES string of the molecule is CCCS(=O)(=O)CCN1CCC(OC)CC1CN. The van der Waals surface area contributed by atoms with Crippen molar-refractivity contribution in [1.82, 2.24) is 4.90 Å². The first-order chi connectivity index (χ1) is 8.52. The van der Waals surface area contributed by atoms with Gasteiger partial charge in [0.05, 0.1) is 11.9 Å². The average Bonchev–Trinajstić information content (AvgIpc) is 2.36. The van der Waals surface area contributed by atoms with E-state index in [2.05, 4.69) is 4.90 Å². The van der Waals surface area contributed by atoms with Crippen LogP contribution in [0.4, 0.5) is 0 Å². The van der Waals surface area contributed by atoms with E-state index < -0.39 is 9.84 Å². The average molecular weight is 278 g/mol. The standard InChI is InChI=1S/C12H26N2O3S/c1-3-7-18(15,16)8-6-14-5-4-12(17-2)9-11(14)10-13/h11-12H,3-10,13H2,1-2H3. The Balaban J connectivity index is 2.46. The zero-order valence-electron chi connectivity index (χ0n) is 11.5. The molecule has 1 aliphatic heterocycles. The fourth-order valence-electron chi connectivity index (χ4n) is 2.49. The van der Waals surface area contributed by atoms with Gasteiger partial charge in [0.1, 0.15) is 0 Å². The smallest absolute Gasteiger partial charge is 0.151 e. The highest BCUT2D eigenvalue weighted by atomic mass is 32.2. The van der Waals surface area contributed by atoms with Crippen molar-refractivity contribution in [3.05, 3.63) is 0 Å². The first kappa shape index (κ1) is 15.9. The molecule has 5 nitrogen and oxygen atoms in total. The van der Waals surface area contributed by atoms with E-state index in [9.17, 15) is 8.42 Å². The summed E-state index contributed by atoms with van der Waals surface area (Å²) in [4.78, 5) is 2.20. The monoisotopic (exact) mass is 278 g/mol. The van der Waals surface area contributed by atoms with Gasteiger partial charge in [-0.15, -0.1) is 0 Å². The maximum atomic E-state index is 11.7. The fraction of sp³-hybridized carbons (Fsp3) is 1.00. The van der Waals surface area contributed by atoms with Gasteiger partial charge in [0.15, 0.2) is 9.84 Å². The van der Waals surface area contributed by atoms with E-state index in [1.807, 2.05) is 6.92 Å². The van der Waals surface area contributed by atoms with Crippen molar-refractivity contribution < 1.29 is 13.2 Å². The van der Waals surface area contributed by atoms with Gasteiger partial charge >= 0.3 is 0 Å². The van der Waals surface area contributed by atoms with Gasteiger partial charge in [0, 0.05) is 38.5 Å². The first-order valence-corrected chi connectivity index (χ1v) is 8.52. The van der Waals surface area contributed by atoms with Crippen molar-refractivity contribution in [1.29, 1.82) is 0 Å². The molecule has 0 aromatic heterocycles. The predicted molar refractivity (Wildman–Crippen MR) is 73.4 cm³/mol. The number of nitrogens with zero attached hydrogens (tertiary/aromatic N) is 1. The lowest BCUT2D eigenvalue weighted by Crippen LogP contribution is -2.49. The van der Waals surface area contributed by atoms with E-state index in [0.717, 1.165) is 19.4 Å². The van der Waals surface area contributed by atoms with Crippen LogP contribution in [0.2, 0.25) is 0 Å². The summed E-state index contributed by atoms with van der Waals surface area (Å²) < 4.78 is 28.8. The van der Waals surface area contributed by atoms with Crippen LogP contribution in [0.5, 0.6) is 0 Å². The molecule has 0 aromatic carbocycles. The highest BCUT2D eigenvalue weighted by Gasteiger charge is 2.28. The number of ether oxygens (including phenoxy) is 1. The molecule has 1 saturated heterocycles. The van der Waals surface area contributed by atoms with Crippen molar-refractivity contribution in [3.63, 3.8) is 0 Å². The van der Waals surface area contributed by atoms with Gasteiger partial charge in [-0.25, -0.2) is 8.42 Å². The molecular formula is C12H26N2O3S. The molecule has 1 heterocycles. The molecular weight excluding hydrogens is 252 g/mol. The van der Waals surface area contributed by atoms with Crippen LogP contribution in [0.25, 0.3) is 0 Å². The molecule has 0 aromatic rings. The molecule has 0 amide bonds. The van der Waals surface area contributed by atoms with Gasteiger partial charge in [0.2, 0.25) is 0 Å². The second kappa shape index (κ2) is 7.43. The maximum absolute atomic E-state index is 11.7. The summed E-state index contributed by atoms with van der Waals surface area (Å²) in [6, 6.07) is 0.250. The molecule has 108 valence electrons. The van der Waals surface area contributed by atoms with Crippen LogP contribution in [-0.4, -0.2) is 63.7 Å². The molecule has 2 N–H and O–H groups in total. The molecule has 1 rings (SSSR count). The van der Waals surface area contributed by atoms with E-state index in [4.69, 9.17) is 10.5 Å². The molecule has 2 unspecified atom stereocenters. The number of likely N-dealkylation sites (tertiary alicyclic amines) is 1. The summed E-state index contributed by atoms with van der Waals surface area (Å²) in [5, 5.41) is 0. The molecule has 0 radical (unpaired) electrons. The van der Waals surface area contributed by atoms with Crippen molar-refractivity contribution in [2.75, 3.05) is 38.2 Å². The first-order valence-electron chi connectivity index (χ1n) is 6.69. The van der Waals surface area contributed by atoms with Crippen LogP contribution in [0.3, 0.4) is 0 Å². The van der Waals surface area contributed by atoms with Crippen LogP contribution in [0, 0.1) is 0 Å². The van der Waals surface area contributed by atoms with Gasteiger partial charge in [-0.3, -0.25) is 4.90 Å². The molecule has 6 heteroatoms. The van der Waals surface area contributed by atoms with E-state index in [1.54, 1.807) is 7.11 Å². The Morgan fingerprint density at radius 1 is 1.39 bits per heavy atom. The minimum Gasteiger partial charge on any atom is -0.381 e. The summed E-state index contributed by atoms with van der Waals surface area (Å²) in [7, 11) is -1.17. The number of sulfone groups is 1. The zero-order chi connectivity index (χ0) is 13.6. The zero-order valence-corrected chi connectivity index (χ0v) is 12.3. The maximum Gasteiger partial charge on any atom is 0.151 e. The minimum absolute atomic E-state index is 0.245.